The van der Waals surface area contributed by atoms with Gasteiger partial charge in [-0.05, 0) is 56.6 Å². The number of pyridine rings is 1. The molecular formula is C25H32N4O3S2. The standard InChI is InChI=1S/C25H32N4O3S2/c1-4-9-28-22(27-10-7-16(2)8-11-27)19(17(3)20(14-26)23(28)30)13-21-24(31)29(25(33)34-21)15-18-6-5-12-32-18/h13,16,18H,4-12,15H2,1-3H3/b21-13-. The van der Waals surface area contributed by atoms with E-state index in [2.05, 4.69) is 17.9 Å². The maximum atomic E-state index is 13.3. The lowest BCUT2D eigenvalue weighted by atomic mass is 9.97. The van der Waals surface area contributed by atoms with Gasteiger partial charge in [-0.25, -0.2) is 0 Å². The van der Waals surface area contributed by atoms with Crippen LogP contribution in [0.25, 0.3) is 6.08 Å². The molecule has 1 unspecified atom stereocenters. The fourth-order valence-electron chi connectivity index (χ4n) is 4.92. The highest BCUT2D eigenvalue weighted by Crippen LogP contribution is 2.37. The minimum absolute atomic E-state index is 0.0196. The second kappa shape index (κ2) is 10.6. The van der Waals surface area contributed by atoms with Crippen LogP contribution in [0.4, 0.5) is 5.82 Å². The fraction of sp³-hybridized carbons (Fsp3) is 0.600. The van der Waals surface area contributed by atoms with E-state index in [0.29, 0.717) is 33.8 Å². The van der Waals surface area contributed by atoms with Gasteiger partial charge in [-0.2, -0.15) is 5.26 Å². The van der Waals surface area contributed by atoms with Crippen molar-refractivity contribution in [1.82, 2.24) is 9.47 Å². The molecule has 1 aromatic heterocycles. The van der Waals surface area contributed by atoms with Crippen LogP contribution in [0.1, 0.15) is 62.6 Å². The van der Waals surface area contributed by atoms with Crippen LogP contribution in [-0.2, 0) is 16.1 Å². The average Bonchev–Trinajstić information content (AvgIpc) is 3.42. The van der Waals surface area contributed by atoms with Gasteiger partial charge in [0.1, 0.15) is 21.8 Å². The van der Waals surface area contributed by atoms with Gasteiger partial charge in [0.15, 0.2) is 0 Å². The summed E-state index contributed by atoms with van der Waals surface area (Å²) in [7, 11) is 0. The van der Waals surface area contributed by atoms with E-state index >= 15 is 0 Å². The highest BCUT2D eigenvalue weighted by molar-refractivity contribution is 8.26. The number of anilines is 1. The number of thiocarbonyl (C=S) groups is 1. The number of thioether (sulfide) groups is 1. The molecule has 0 aliphatic carbocycles. The molecule has 7 nitrogen and oxygen atoms in total. The van der Waals surface area contributed by atoms with Gasteiger partial charge < -0.3 is 9.64 Å². The van der Waals surface area contributed by atoms with Crippen molar-refractivity contribution in [2.75, 3.05) is 31.1 Å². The predicted molar refractivity (Wildman–Crippen MR) is 140 cm³/mol. The molecule has 182 valence electrons. The largest absolute Gasteiger partial charge is 0.376 e. The minimum atomic E-state index is -0.251. The van der Waals surface area contributed by atoms with E-state index in [1.807, 2.05) is 19.9 Å². The molecule has 3 fully saturated rings. The monoisotopic (exact) mass is 500 g/mol. The summed E-state index contributed by atoms with van der Waals surface area (Å²) >= 11 is 6.83. The molecular weight excluding hydrogens is 468 g/mol. The van der Waals surface area contributed by atoms with Crippen molar-refractivity contribution >= 4 is 46.1 Å². The van der Waals surface area contributed by atoms with E-state index in [4.69, 9.17) is 17.0 Å². The lowest BCUT2D eigenvalue weighted by Crippen LogP contribution is -2.39. The first kappa shape index (κ1) is 25.0. The van der Waals surface area contributed by atoms with E-state index in [-0.39, 0.29) is 23.1 Å². The molecule has 0 spiro atoms. The lowest BCUT2D eigenvalue weighted by Gasteiger charge is -2.35. The maximum Gasteiger partial charge on any atom is 0.270 e. The summed E-state index contributed by atoms with van der Waals surface area (Å²) in [6, 6.07) is 2.12. The Balaban J connectivity index is 1.80. The summed E-state index contributed by atoms with van der Waals surface area (Å²) < 4.78 is 7.98. The summed E-state index contributed by atoms with van der Waals surface area (Å²) in [4.78, 5) is 31.0. The first-order valence-corrected chi connectivity index (χ1v) is 13.4. The van der Waals surface area contributed by atoms with Gasteiger partial charge in [-0.1, -0.05) is 37.8 Å². The van der Waals surface area contributed by atoms with Crippen LogP contribution in [-0.4, -0.2) is 52.0 Å². The molecule has 9 heteroatoms. The summed E-state index contributed by atoms with van der Waals surface area (Å²) in [5.41, 5.74) is 1.29. The highest BCUT2D eigenvalue weighted by atomic mass is 32.2. The summed E-state index contributed by atoms with van der Waals surface area (Å²) in [5, 5.41) is 9.80. The van der Waals surface area contributed by atoms with Gasteiger partial charge in [0.2, 0.25) is 0 Å². The quantitative estimate of drug-likeness (QED) is 0.431. The topological polar surface area (TPSA) is 78.6 Å². The third kappa shape index (κ3) is 4.81. The molecule has 0 bridgehead atoms. The van der Waals surface area contributed by atoms with E-state index in [1.165, 1.54) is 11.8 Å². The minimum Gasteiger partial charge on any atom is -0.376 e. The van der Waals surface area contributed by atoms with Crippen molar-refractivity contribution < 1.29 is 9.53 Å². The number of carbonyl (C=O) groups excluding carboxylic acids is 1. The van der Waals surface area contributed by atoms with Crippen LogP contribution in [0.15, 0.2) is 9.70 Å². The average molecular weight is 501 g/mol. The van der Waals surface area contributed by atoms with E-state index < -0.39 is 0 Å². The van der Waals surface area contributed by atoms with Crippen molar-refractivity contribution in [2.45, 2.75) is 65.5 Å². The third-order valence-corrected chi connectivity index (χ3v) is 8.31. The summed E-state index contributed by atoms with van der Waals surface area (Å²) in [5.74, 6) is 1.33. The smallest absolute Gasteiger partial charge is 0.270 e. The van der Waals surface area contributed by atoms with Gasteiger partial charge in [-0.3, -0.25) is 19.1 Å². The molecule has 1 atom stereocenters. The highest BCUT2D eigenvalue weighted by Gasteiger charge is 2.35. The van der Waals surface area contributed by atoms with Crippen LogP contribution >= 0.6 is 24.0 Å². The molecule has 0 radical (unpaired) electrons. The molecule has 0 N–H and O–H groups in total. The van der Waals surface area contributed by atoms with Crippen molar-refractivity contribution in [3.05, 3.63) is 31.9 Å². The molecule has 34 heavy (non-hydrogen) atoms. The summed E-state index contributed by atoms with van der Waals surface area (Å²) in [6.45, 7) is 9.49. The molecule has 0 saturated carbocycles. The number of hydrogen-bond acceptors (Lipinski definition) is 7. The Labute approximate surface area is 210 Å². The number of piperidine rings is 1. The predicted octanol–water partition coefficient (Wildman–Crippen LogP) is 4.05. The number of carbonyl (C=O) groups is 1. The normalized spacial score (nSPS) is 22.8. The van der Waals surface area contributed by atoms with Crippen LogP contribution in [0.5, 0.6) is 0 Å². The fourth-order valence-corrected chi connectivity index (χ4v) is 6.17. The first-order valence-electron chi connectivity index (χ1n) is 12.1. The first-order chi connectivity index (χ1) is 16.3. The molecule has 0 aromatic carbocycles. The Morgan fingerprint density at radius 2 is 2.00 bits per heavy atom. The van der Waals surface area contributed by atoms with Crippen molar-refractivity contribution in [1.29, 1.82) is 5.26 Å². The number of ether oxygens (including phenoxy) is 1. The van der Waals surface area contributed by atoms with E-state index in [9.17, 15) is 14.9 Å². The van der Waals surface area contributed by atoms with Crippen LogP contribution in [0, 0.1) is 24.2 Å². The van der Waals surface area contributed by atoms with Crippen LogP contribution in [0.3, 0.4) is 0 Å². The molecule has 3 saturated heterocycles. The van der Waals surface area contributed by atoms with Crippen LogP contribution in [0.2, 0.25) is 0 Å². The number of rotatable bonds is 6. The number of nitriles is 1. The van der Waals surface area contributed by atoms with Crippen molar-refractivity contribution in [3.8, 4) is 6.07 Å². The van der Waals surface area contributed by atoms with Crippen molar-refractivity contribution in [3.63, 3.8) is 0 Å². The second-order valence-corrected chi connectivity index (χ2v) is 11.1. The van der Waals surface area contributed by atoms with Gasteiger partial charge in [0, 0.05) is 31.8 Å². The van der Waals surface area contributed by atoms with E-state index in [0.717, 1.165) is 63.2 Å². The lowest BCUT2D eigenvalue weighted by molar-refractivity contribution is -0.123. The van der Waals surface area contributed by atoms with Gasteiger partial charge >= 0.3 is 0 Å². The molecule has 1 amide bonds. The Hall–Kier alpha value is -2.15. The van der Waals surface area contributed by atoms with Crippen molar-refractivity contribution in [2.24, 2.45) is 5.92 Å². The van der Waals surface area contributed by atoms with Gasteiger partial charge in [-0.15, -0.1) is 0 Å². The Bertz CT molecular complexity index is 1110. The third-order valence-electron chi connectivity index (χ3n) is 6.94. The SMILES string of the molecule is CCCn1c(N2CCC(C)CC2)c(/C=C2\SC(=S)N(CC3CCCO3)C2=O)c(C)c(C#N)c1=O. The Kier molecular flexibility index (Phi) is 7.80. The zero-order valence-corrected chi connectivity index (χ0v) is 21.8. The molecule has 4 rings (SSSR count). The van der Waals surface area contributed by atoms with Gasteiger partial charge in [0.05, 0.1) is 17.6 Å². The number of aromatic nitrogens is 1. The second-order valence-electron chi connectivity index (χ2n) is 9.40. The molecule has 3 aliphatic rings. The maximum absolute atomic E-state index is 13.3. The Morgan fingerprint density at radius 3 is 2.62 bits per heavy atom. The van der Waals surface area contributed by atoms with Crippen LogP contribution < -0.4 is 10.5 Å². The zero-order valence-electron chi connectivity index (χ0n) is 20.1. The van der Waals surface area contributed by atoms with Gasteiger partial charge in [0.25, 0.3) is 11.5 Å². The number of amides is 1. The number of nitrogens with zero attached hydrogens (tertiary/aromatic N) is 4. The molecule has 4 heterocycles. The number of hydrogen-bond donors (Lipinski definition) is 0. The molecule has 1 aromatic rings. The van der Waals surface area contributed by atoms with E-state index in [1.54, 1.807) is 9.47 Å². The Morgan fingerprint density at radius 1 is 1.26 bits per heavy atom. The molecule has 3 aliphatic heterocycles. The zero-order chi connectivity index (χ0) is 24.4. The summed E-state index contributed by atoms with van der Waals surface area (Å²) in [6.07, 6.45) is 6.66.